The monoisotopic (exact) mass is 292 g/mol. The molecule has 0 bridgehead atoms. The van der Waals surface area contributed by atoms with Crippen LogP contribution in [0, 0.1) is 6.92 Å². The van der Waals surface area contributed by atoms with Crippen LogP contribution >= 0.6 is 11.6 Å². The fourth-order valence-corrected chi connectivity index (χ4v) is 2.54. The van der Waals surface area contributed by atoms with E-state index in [4.69, 9.17) is 11.6 Å². The van der Waals surface area contributed by atoms with Crippen LogP contribution in [0.2, 0.25) is 5.02 Å². The molecule has 2 rings (SSSR count). The first-order chi connectivity index (χ1) is 9.65. The van der Waals surface area contributed by atoms with Gasteiger partial charge in [-0.1, -0.05) is 29.3 Å². The molecule has 0 unspecified atom stereocenters. The molecule has 0 aliphatic heterocycles. The molecule has 0 saturated heterocycles. The standard InChI is InChI=1S/C16H21ClN2O/c1-12-7-8-14(17)11-15(12)19-16(20)18-10-9-13-5-3-2-4-6-13/h5,7-8,11H,2-4,6,9-10H2,1H3,(H2,18,19,20). The molecule has 20 heavy (non-hydrogen) atoms. The lowest BCUT2D eigenvalue weighted by Gasteiger charge is -2.14. The largest absolute Gasteiger partial charge is 0.338 e. The minimum absolute atomic E-state index is 0.174. The smallest absolute Gasteiger partial charge is 0.319 e. The summed E-state index contributed by atoms with van der Waals surface area (Å²) in [6, 6.07) is 5.30. The molecule has 1 aliphatic rings. The van der Waals surface area contributed by atoms with Crippen molar-refractivity contribution in [3.63, 3.8) is 0 Å². The summed E-state index contributed by atoms with van der Waals surface area (Å²) < 4.78 is 0. The van der Waals surface area contributed by atoms with Crippen molar-refractivity contribution in [2.75, 3.05) is 11.9 Å². The predicted octanol–water partition coefficient (Wildman–Crippen LogP) is 4.66. The van der Waals surface area contributed by atoms with Crippen LogP contribution < -0.4 is 10.6 Å². The number of halogens is 1. The maximum absolute atomic E-state index is 11.8. The van der Waals surface area contributed by atoms with Gasteiger partial charge in [0.15, 0.2) is 0 Å². The van der Waals surface area contributed by atoms with Crippen molar-refractivity contribution in [1.82, 2.24) is 5.32 Å². The lowest BCUT2D eigenvalue weighted by atomic mass is 9.97. The Morgan fingerprint density at radius 2 is 2.20 bits per heavy atom. The maximum Gasteiger partial charge on any atom is 0.319 e. The number of anilines is 1. The van der Waals surface area contributed by atoms with E-state index < -0.39 is 0 Å². The van der Waals surface area contributed by atoms with Gasteiger partial charge in [-0.3, -0.25) is 0 Å². The molecule has 4 heteroatoms. The lowest BCUT2D eigenvalue weighted by molar-refractivity contribution is 0.252. The average molecular weight is 293 g/mol. The number of amides is 2. The zero-order chi connectivity index (χ0) is 14.4. The Morgan fingerprint density at radius 1 is 1.35 bits per heavy atom. The van der Waals surface area contributed by atoms with Crippen LogP contribution in [0.3, 0.4) is 0 Å². The van der Waals surface area contributed by atoms with E-state index in [9.17, 15) is 4.79 Å². The molecule has 1 aliphatic carbocycles. The number of benzene rings is 1. The summed E-state index contributed by atoms with van der Waals surface area (Å²) >= 11 is 5.93. The second-order valence-corrected chi connectivity index (χ2v) is 5.63. The van der Waals surface area contributed by atoms with Crippen LogP contribution in [0.15, 0.2) is 29.8 Å². The molecule has 0 spiro atoms. The highest BCUT2D eigenvalue weighted by Crippen LogP contribution is 2.20. The van der Waals surface area contributed by atoms with Gasteiger partial charge in [0.1, 0.15) is 0 Å². The molecule has 108 valence electrons. The molecule has 2 amide bonds. The zero-order valence-corrected chi connectivity index (χ0v) is 12.6. The predicted molar refractivity (Wildman–Crippen MR) is 84.4 cm³/mol. The Bertz CT molecular complexity index is 511. The summed E-state index contributed by atoms with van der Waals surface area (Å²) in [5.41, 5.74) is 3.22. The van der Waals surface area contributed by atoms with Crippen molar-refractivity contribution in [1.29, 1.82) is 0 Å². The highest BCUT2D eigenvalue weighted by atomic mass is 35.5. The third-order valence-corrected chi connectivity index (χ3v) is 3.80. The fraction of sp³-hybridized carbons (Fsp3) is 0.438. The van der Waals surface area contributed by atoms with Crippen molar-refractivity contribution >= 4 is 23.3 Å². The fourth-order valence-electron chi connectivity index (χ4n) is 2.36. The van der Waals surface area contributed by atoms with Gasteiger partial charge in [-0.25, -0.2) is 4.79 Å². The topological polar surface area (TPSA) is 41.1 Å². The number of allylic oxidation sites excluding steroid dienone is 1. The number of hydrogen-bond acceptors (Lipinski definition) is 1. The molecule has 0 fully saturated rings. The molecule has 0 saturated carbocycles. The number of carbonyl (C=O) groups is 1. The van der Waals surface area contributed by atoms with Gasteiger partial charge in [0.2, 0.25) is 0 Å². The normalized spacial score (nSPS) is 14.6. The first-order valence-corrected chi connectivity index (χ1v) is 7.52. The molecule has 0 heterocycles. The summed E-state index contributed by atoms with van der Waals surface area (Å²) in [5, 5.41) is 6.35. The number of hydrogen-bond donors (Lipinski definition) is 2. The first kappa shape index (κ1) is 14.9. The Balaban J connectivity index is 1.77. The first-order valence-electron chi connectivity index (χ1n) is 7.14. The van der Waals surface area contributed by atoms with E-state index in [2.05, 4.69) is 16.7 Å². The second-order valence-electron chi connectivity index (χ2n) is 5.20. The van der Waals surface area contributed by atoms with Gasteiger partial charge in [0.05, 0.1) is 0 Å². The van der Waals surface area contributed by atoms with Crippen molar-refractivity contribution in [3.05, 3.63) is 40.4 Å². The van der Waals surface area contributed by atoms with E-state index in [-0.39, 0.29) is 6.03 Å². The Kier molecular flexibility index (Phi) is 5.48. The van der Waals surface area contributed by atoms with Gasteiger partial charge in [-0.15, -0.1) is 0 Å². The number of aryl methyl sites for hydroxylation is 1. The average Bonchev–Trinajstić information content (AvgIpc) is 2.44. The van der Waals surface area contributed by atoms with Gasteiger partial charge >= 0.3 is 6.03 Å². The van der Waals surface area contributed by atoms with Crippen LogP contribution in [0.4, 0.5) is 10.5 Å². The number of rotatable bonds is 4. The van der Waals surface area contributed by atoms with Crippen LogP contribution in [-0.2, 0) is 0 Å². The minimum atomic E-state index is -0.174. The number of carbonyl (C=O) groups excluding carboxylic acids is 1. The minimum Gasteiger partial charge on any atom is -0.338 e. The molecule has 1 aromatic carbocycles. The summed E-state index contributed by atoms with van der Waals surface area (Å²) in [7, 11) is 0. The van der Waals surface area contributed by atoms with E-state index >= 15 is 0 Å². The quantitative estimate of drug-likeness (QED) is 0.779. The van der Waals surface area contributed by atoms with E-state index in [1.807, 2.05) is 19.1 Å². The van der Waals surface area contributed by atoms with Gasteiger partial charge < -0.3 is 10.6 Å². The molecule has 0 radical (unpaired) electrons. The molecular formula is C16H21ClN2O. The van der Waals surface area contributed by atoms with Gasteiger partial charge in [-0.2, -0.15) is 0 Å². The van der Waals surface area contributed by atoms with E-state index in [0.29, 0.717) is 11.6 Å². The van der Waals surface area contributed by atoms with Crippen LogP contribution in [0.5, 0.6) is 0 Å². The Labute approximate surface area is 125 Å². The number of nitrogens with one attached hydrogen (secondary N) is 2. The summed E-state index contributed by atoms with van der Waals surface area (Å²) in [4.78, 5) is 11.8. The van der Waals surface area contributed by atoms with E-state index in [1.165, 1.54) is 31.3 Å². The molecule has 1 aromatic rings. The van der Waals surface area contributed by atoms with Crippen LogP contribution in [0.1, 0.15) is 37.7 Å². The second kappa shape index (κ2) is 7.34. The van der Waals surface area contributed by atoms with E-state index in [0.717, 1.165) is 17.7 Å². The molecule has 0 atom stereocenters. The lowest BCUT2D eigenvalue weighted by Crippen LogP contribution is -2.30. The Hall–Kier alpha value is -1.48. The molecular weight excluding hydrogens is 272 g/mol. The van der Waals surface area contributed by atoms with Gasteiger partial charge in [0.25, 0.3) is 0 Å². The molecule has 3 nitrogen and oxygen atoms in total. The maximum atomic E-state index is 11.8. The van der Waals surface area contributed by atoms with Crippen LogP contribution in [-0.4, -0.2) is 12.6 Å². The van der Waals surface area contributed by atoms with Crippen molar-refractivity contribution in [2.45, 2.75) is 39.0 Å². The highest BCUT2D eigenvalue weighted by molar-refractivity contribution is 6.31. The SMILES string of the molecule is Cc1ccc(Cl)cc1NC(=O)NCCC1=CCCCC1. The van der Waals surface area contributed by atoms with Gasteiger partial charge in [-0.05, 0) is 56.7 Å². The Morgan fingerprint density at radius 3 is 2.95 bits per heavy atom. The third kappa shape index (κ3) is 4.57. The van der Waals surface area contributed by atoms with Crippen molar-refractivity contribution in [3.8, 4) is 0 Å². The van der Waals surface area contributed by atoms with E-state index in [1.54, 1.807) is 6.07 Å². The third-order valence-electron chi connectivity index (χ3n) is 3.56. The molecule has 2 N–H and O–H groups in total. The number of urea groups is 1. The van der Waals surface area contributed by atoms with Crippen molar-refractivity contribution < 1.29 is 4.79 Å². The zero-order valence-electron chi connectivity index (χ0n) is 11.8. The highest BCUT2D eigenvalue weighted by Gasteiger charge is 2.06. The summed E-state index contributed by atoms with van der Waals surface area (Å²) in [6.45, 7) is 2.62. The van der Waals surface area contributed by atoms with Gasteiger partial charge in [0, 0.05) is 17.3 Å². The van der Waals surface area contributed by atoms with Crippen molar-refractivity contribution in [2.24, 2.45) is 0 Å². The summed E-state index contributed by atoms with van der Waals surface area (Å²) in [5.74, 6) is 0. The van der Waals surface area contributed by atoms with Crippen LogP contribution in [0.25, 0.3) is 0 Å². The summed E-state index contributed by atoms with van der Waals surface area (Å²) in [6.07, 6.45) is 8.19. The molecule has 0 aromatic heterocycles.